The van der Waals surface area contributed by atoms with Crippen molar-refractivity contribution in [2.45, 2.75) is 71.8 Å². The fourth-order valence-corrected chi connectivity index (χ4v) is 3.01. The molecular formula is C21H30N2O2. The molecule has 2 rings (SSSR count). The van der Waals surface area contributed by atoms with E-state index in [9.17, 15) is 9.59 Å². The Labute approximate surface area is 151 Å². The van der Waals surface area contributed by atoms with Gasteiger partial charge in [-0.05, 0) is 65.5 Å². The van der Waals surface area contributed by atoms with Crippen molar-refractivity contribution in [3.8, 4) is 0 Å². The molecule has 0 saturated carbocycles. The van der Waals surface area contributed by atoms with E-state index in [-0.39, 0.29) is 11.8 Å². The molecule has 0 atom stereocenters. The third kappa shape index (κ3) is 5.45. The highest BCUT2D eigenvalue weighted by Crippen LogP contribution is 2.22. The summed E-state index contributed by atoms with van der Waals surface area (Å²) in [5.41, 5.74) is 4.74. The molecule has 0 heterocycles. The molecule has 0 bridgehead atoms. The van der Waals surface area contributed by atoms with Crippen molar-refractivity contribution < 1.29 is 9.59 Å². The number of rotatable bonds is 2. The van der Waals surface area contributed by atoms with Crippen LogP contribution in [0.15, 0.2) is 35.9 Å². The largest absolute Gasteiger partial charge is 0.269 e. The van der Waals surface area contributed by atoms with Gasteiger partial charge in [0.15, 0.2) is 0 Å². The zero-order chi connectivity index (χ0) is 18.4. The Morgan fingerprint density at radius 1 is 1.08 bits per heavy atom. The minimum absolute atomic E-state index is 0.0876. The van der Waals surface area contributed by atoms with E-state index in [0.717, 1.165) is 43.2 Å². The van der Waals surface area contributed by atoms with Gasteiger partial charge in [0.1, 0.15) is 0 Å². The van der Waals surface area contributed by atoms with Gasteiger partial charge >= 0.3 is 0 Å². The fourth-order valence-electron chi connectivity index (χ4n) is 3.01. The Kier molecular flexibility index (Phi) is 6.40. The number of amides is 2. The van der Waals surface area contributed by atoms with Crippen LogP contribution in [0, 0.1) is 6.92 Å². The number of carbonyl (C=O) groups is 2. The van der Waals surface area contributed by atoms with Crippen LogP contribution in [0.2, 0.25) is 0 Å². The highest BCUT2D eigenvalue weighted by Gasteiger charge is 2.30. The lowest BCUT2D eigenvalue weighted by molar-refractivity contribution is -0.135. The van der Waals surface area contributed by atoms with Gasteiger partial charge in [-0.15, -0.1) is 0 Å². The molecule has 136 valence electrons. The predicted molar refractivity (Wildman–Crippen MR) is 101 cm³/mol. The third-order valence-electron chi connectivity index (χ3n) is 4.43. The predicted octanol–water partition coefficient (Wildman–Crippen LogP) is 4.55. The Hall–Kier alpha value is -2.10. The van der Waals surface area contributed by atoms with Crippen molar-refractivity contribution in [2.24, 2.45) is 0 Å². The van der Waals surface area contributed by atoms with E-state index in [2.05, 4.69) is 11.5 Å². The van der Waals surface area contributed by atoms with E-state index < -0.39 is 5.54 Å². The fraction of sp³-hybridized carbons (Fsp3) is 0.524. The maximum Gasteiger partial charge on any atom is 0.269 e. The second-order valence-corrected chi connectivity index (χ2v) is 7.80. The Bertz CT molecular complexity index is 656. The zero-order valence-corrected chi connectivity index (χ0v) is 15.9. The van der Waals surface area contributed by atoms with Gasteiger partial charge in [0, 0.05) is 11.1 Å². The number of nitrogens with one attached hydrogen (secondary N) is 1. The van der Waals surface area contributed by atoms with E-state index >= 15 is 0 Å². The van der Waals surface area contributed by atoms with Crippen LogP contribution >= 0.6 is 0 Å². The van der Waals surface area contributed by atoms with Crippen molar-refractivity contribution in [1.29, 1.82) is 0 Å². The van der Waals surface area contributed by atoms with Gasteiger partial charge in [-0.1, -0.05) is 36.6 Å². The lowest BCUT2D eigenvalue weighted by atomic mass is 9.98. The topological polar surface area (TPSA) is 49.4 Å². The monoisotopic (exact) mass is 342 g/mol. The van der Waals surface area contributed by atoms with E-state index in [1.165, 1.54) is 11.4 Å². The van der Waals surface area contributed by atoms with Crippen molar-refractivity contribution in [3.63, 3.8) is 0 Å². The first kappa shape index (κ1) is 19.2. The summed E-state index contributed by atoms with van der Waals surface area (Å²) in [7, 11) is 0. The molecule has 1 aromatic rings. The van der Waals surface area contributed by atoms with Gasteiger partial charge in [0.2, 0.25) is 0 Å². The van der Waals surface area contributed by atoms with E-state index in [1.54, 1.807) is 6.07 Å². The number of nitrogens with zero attached hydrogens (tertiary/aromatic N) is 1. The maximum absolute atomic E-state index is 13.1. The van der Waals surface area contributed by atoms with Crippen molar-refractivity contribution >= 4 is 11.8 Å². The first-order valence-corrected chi connectivity index (χ1v) is 9.20. The van der Waals surface area contributed by atoms with Crippen molar-refractivity contribution in [3.05, 3.63) is 47.0 Å². The molecule has 0 aliphatic heterocycles. The van der Waals surface area contributed by atoms with Crippen molar-refractivity contribution in [1.82, 2.24) is 10.4 Å². The number of hydrogen-bond acceptors (Lipinski definition) is 2. The quantitative estimate of drug-likeness (QED) is 0.802. The molecule has 0 fully saturated rings. The minimum atomic E-state index is -0.500. The second-order valence-electron chi connectivity index (χ2n) is 7.80. The Morgan fingerprint density at radius 2 is 1.80 bits per heavy atom. The molecule has 0 aromatic heterocycles. The number of carbonyl (C=O) groups excluding carboxylic acids is 2. The van der Waals surface area contributed by atoms with Gasteiger partial charge in [-0.25, -0.2) is 5.01 Å². The smallest absolute Gasteiger partial charge is 0.268 e. The van der Waals surface area contributed by atoms with Crippen LogP contribution in [-0.2, 0) is 4.79 Å². The Balaban J connectivity index is 2.21. The lowest BCUT2D eigenvalue weighted by Gasteiger charge is -2.36. The van der Waals surface area contributed by atoms with Gasteiger partial charge < -0.3 is 0 Å². The standard InChI is InChI=1S/C21H30N2O2/c1-16-11-10-14-18(15-16)19(24)22-23(21(2,3)4)20(25)17-12-8-6-5-7-9-13-17/h10-12,14-15H,5-9,13H2,1-4H3,(H,22,24). The molecule has 1 aliphatic rings. The lowest BCUT2D eigenvalue weighted by Crippen LogP contribution is -2.56. The summed E-state index contributed by atoms with van der Waals surface area (Å²) in [6.45, 7) is 7.75. The van der Waals surface area contributed by atoms with Crippen LogP contribution in [0.3, 0.4) is 0 Å². The normalized spacial score (nSPS) is 15.6. The number of benzene rings is 1. The van der Waals surface area contributed by atoms with Crippen LogP contribution in [0.4, 0.5) is 0 Å². The van der Waals surface area contributed by atoms with Gasteiger partial charge in [0.05, 0.1) is 5.54 Å². The number of hydrogen-bond donors (Lipinski definition) is 1. The molecule has 0 radical (unpaired) electrons. The van der Waals surface area contributed by atoms with Crippen LogP contribution in [0.25, 0.3) is 0 Å². The van der Waals surface area contributed by atoms with E-state index in [4.69, 9.17) is 0 Å². The highest BCUT2D eigenvalue weighted by atomic mass is 16.2. The molecule has 1 aromatic carbocycles. The molecule has 1 N–H and O–H groups in total. The first-order chi connectivity index (χ1) is 11.8. The molecular weight excluding hydrogens is 312 g/mol. The maximum atomic E-state index is 13.1. The molecule has 0 unspecified atom stereocenters. The molecule has 4 heteroatoms. The Morgan fingerprint density at radius 3 is 2.48 bits per heavy atom. The first-order valence-electron chi connectivity index (χ1n) is 9.20. The summed E-state index contributed by atoms with van der Waals surface area (Å²) in [6.07, 6.45) is 8.32. The molecule has 0 saturated heterocycles. The van der Waals surface area contributed by atoms with Gasteiger partial charge in [-0.2, -0.15) is 0 Å². The summed E-state index contributed by atoms with van der Waals surface area (Å²) in [5.74, 6) is -0.339. The molecule has 0 spiro atoms. The van der Waals surface area contributed by atoms with E-state index in [1.807, 2.05) is 45.9 Å². The third-order valence-corrected chi connectivity index (χ3v) is 4.43. The molecule has 1 aliphatic carbocycles. The van der Waals surface area contributed by atoms with Gasteiger partial charge in [-0.3, -0.25) is 15.0 Å². The molecule has 4 nitrogen and oxygen atoms in total. The van der Waals surface area contributed by atoms with Crippen LogP contribution < -0.4 is 5.43 Å². The highest BCUT2D eigenvalue weighted by molar-refractivity contribution is 5.99. The summed E-state index contributed by atoms with van der Waals surface area (Å²) in [5, 5.41) is 1.49. The van der Waals surface area contributed by atoms with Crippen LogP contribution in [0.1, 0.15) is 75.2 Å². The van der Waals surface area contributed by atoms with Crippen LogP contribution in [0.5, 0.6) is 0 Å². The zero-order valence-electron chi connectivity index (χ0n) is 15.9. The summed E-state index contributed by atoms with van der Waals surface area (Å²) in [6, 6.07) is 7.39. The molecule has 2 amide bonds. The SMILES string of the molecule is Cc1cccc(C(=O)NN(C(=O)C2=CCCCCCC2)C(C)(C)C)c1. The summed E-state index contributed by atoms with van der Waals surface area (Å²) in [4.78, 5) is 25.7. The molecule has 25 heavy (non-hydrogen) atoms. The van der Waals surface area contributed by atoms with Crippen molar-refractivity contribution in [2.75, 3.05) is 0 Å². The average molecular weight is 342 g/mol. The number of hydrazine groups is 1. The summed E-state index contributed by atoms with van der Waals surface area (Å²) < 4.78 is 0. The average Bonchev–Trinajstić information content (AvgIpc) is 2.50. The minimum Gasteiger partial charge on any atom is -0.268 e. The number of aryl methyl sites for hydroxylation is 1. The van der Waals surface area contributed by atoms with E-state index in [0.29, 0.717) is 5.56 Å². The second kappa shape index (κ2) is 8.32. The van der Waals surface area contributed by atoms with Crippen LogP contribution in [-0.4, -0.2) is 22.4 Å². The number of allylic oxidation sites excluding steroid dienone is 1. The summed E-state index contributed by atoms with van der Waals surface area (Å²) >= 11 is 0. The van der Waals surface area contributed by atoms with Gasteiger partial charge in [0.25, 0.3) is 11.8 Å².